The smallest absolute Gasteiger partial charge is 0.346 e. The Bertz CT molecular complexity index is 1250. The van der Waals surface area contributed by atoms with Crippen LogP contribution in [0.1, 0.15) is 25.8 Å². The van der Waals surface area contributed by atoms with Crippen LogP contribution in [0.5, 0.6) is 11.5 Å². The summed E-state index contributed by atoms with van der Waals surface area (Å²) in [7, 11) is 0. The Morgan fingerprint density at radius 3 is 2.61 bits per heavy atom. The molecule has 3 amide bonds. The fourth-order valence-corrected chi connectivity index (χ4v) is 3.74. The monoisotopic (exact) mass is 445 g/mol. The van der Waals surface area contributed by atoms with E-state index in [1.165, 1.54) is 6.21 Å². The number of hydrazone groups is 1. The molecule has 1 unspecified atom stereocenters. The summed E-state index contributed by atoms with van der Waals surface area (Å²) < 4.78 is 13.1. The molecule has 1 aromatic heterocycles. The zero-order chi connectivity index (χ0) is 23.0. The second kappa shape index (κ2) is 8.09. The highest BCUT2D eigenvalue weighted by Gasteiger charge is 2.46. The molecule has 9 nitrogen and oxygen atoms in total. The van der Waals surface area contributed by atoms with Crippen LogP contribution in [-0.4, -0.2) is 51.7 Å². The molecular formula is C24H23N5O4. The molecule has 2 aliphatic heterocycles. The molecule has 3 aromatic rings. The van der Waals surface area contributed by atoms with Crippen molar-refractivity contribution in [3.63, 3.8) is 0 Å². The molecular weight excluding hydrogens is 422 g/mol. The fraction of sp³-hybridized carbons (Fsp3) is 0.250. The van der Waals surface area contributed by atoms with Crippen molar-refractivity contribution in [3.05, 3.63) is 60.3 Å². The third-order valence-electron chi connectivity index (χ3n) is 5.84. The quantitative estimate of drug-likeness (QED) is 0.480. The summed E-state index contributed by atoms with van der Waals surface area (Å²) in [5, 5.41) is 12.5. The summed E-state index contributed by atoms with van der Waals surface area (Å²) in [6.45, 7) is 4.52. The summed E-state index contributed by atoms with van der Waals surface area (Å²) in [4.78, 5) is 25.1. The zero-order valence-corrected chi connectivity index (χ0v) is 18.3. The standard InChI is InChI=1S/C24H23N5O4/c1-3-24(2)22(30)29(23(31)26-24)25-14-17-15-28(18-7-5-4-6-8-18)27-21(17)16-9-10-19-20(13-16)33-12-11-32-19/h4-10,13-15H,3,11-12H2,1-2H3,(H,26,31). The number of aromatic nitrogens is 2. The van der Waals surface area contributed by atoms with Gasteiger partial charge in [0.15, 0.2) is 11.5 Å². The van der Waals surface area contributed by atoms with Crippen molar-refractivity contribution in [1.29, 1.82) is 0 Å². The number of imide groups is 1. The first-order chi connectivity index (χ1) is 16.0. The van der Waals surface area contributed by atoms with Gasteiger partial charge in [-0.3, -0.25) is 4.79 Å². The van der Waals surface area contributed by atoms with Crippen molar-refractivity contribution in [2.45, 2.75) is 25.8 Å². The van der Waals surface area contributed by atoms with Gasteiger partial charge >= 0.3 is 6.03 Å². The molecule has 33 heavy (non-hydrogen) atoms. The number of carbonyl (C=O) groups is 2. The van der Waals surface area contributed by atoms with Crippen LogP contribution in [0.4, 0.5) is 4.79 Å². The third-order valence-corrected chi connectivity index (χ3v) is 5.84. The normalized spacial score (nSPS) is 19.9. The van der Waals surface area contributed by atoms with Gasteiger partial charge in [0.25, 0.3) is 5.91 Å². The second-order valence-electron chi connectivity index (χ2n) is 8.05. The Hall–Kier alpha value is -4.14. The lowest BCUT2D eigenvalue weighted by Gasteiger charge is -2.18. The highest BCUT2D eigenvalue weighted by Crippen LogP contribution is 2.35. The van der Waals surface area contributed by atoms with Crippen molar-refractivity contribution < 1.29 is 19.1 Å². The van der Waals surface area contributed by atoms with Crippen LogP contribution >= 0.6 is 0 Å². The molecule has 1 saturated heterocycles. The predicted molar refractivity (Wildman–Crippen MR) is 122 cm³/mol. The third kappa shape index (κ3) is 3.71. The fourth-order valence-electron chi connectivity index (χ4n) is 3.74. The van der Waals surface area contributed by atoms with Crippen LogP contribution in [0.15, 0.2) is 59.8 Å². The van der Waals surface area contributed by atoms with Gasteiger partial charge in [-0.15, -0.1) is 5.01 Å². The minimum atomic E-state index is -0.957. The van der Waals surface area contributed by atoms with E-state index in [0.717, 1.165) is 16.3 Å². The zero-order valence-electron chi connectivity index (χ0n) is 18.3. The molecule has 1 N–H and O–H groups in total. The number of benzene rings is 2. The van der Waals surface area contributed by atoms with Gasteiger partial charge in [-0.1, -0.05) is 25.1 Å². The molecule has 0 spiro atoms. The summed E-state index contributed by atoms with van der Waals surface area (Å²) >= 11 is 0. The van der Waals surface area contributed by atoms with E-state index in [9.17, 15) is 9.59 Å². The number of carbonyl (C=O) groups excluding carboxylic acids is 2. The Balaban J connectivity index is 1.55. The number of fused-ring (bicyclic) bond motifs is 1. The first-order valence-corrected chi connectivity index (χ1v) is 10.7. The maximum Gasteiger partial charge on any atom is 0.346 e. The van der Waals surface area contributed by atoms with E-state index in [1.54, 1.807) is 11.6 Å². The lowest BCUT2D eigenvalue weighted by molar-refractivity contribution is -0.130. The van der Waals surface area contributed by atoms with Gasteiger partial charge in [-0.05, 0) is 43.7 Å². The van der Waals surface area contributed by atoms with Crippen molar-refractivity contribution in [3.8, 4) is 28.4 Å². The molecule has 0 radical (unpaired) electrons. The topological polar surface area (TPSA) is 98.1 Å². The maximum absolute atomic E-state index is 12.7. The number of amides is 3. The molecule has 9 heteroatoms. The molecule has 0 aliphatic carbocycles. The maximum atomic E-state index is 12.7. The van der Waals surface area contributed by atoms with E-state index in [-0.39, 0.29) is 5.91 Å². The largest absolute Gasteiger partial charge is 0.486 e. The van der Waals surface area contributed by atoms with E-state index in [4.69, 9.17) is 14.6 Å². The van der Waals surface area contributed by atoms with Gasteiger partial charge in [0.2, 0.25) is 0 Å². The van der Waals surface area contributed by atoms with Crippen LogP contribution in [-0.2, 0) is 4.79 Å². The van der Waals surface area contributed by atoms with Crippen LogP contribution in [0.25, 0.3) is 16.9 Å². The van der Waals surface area contributed by atoms with E-state index in [1.807, 2.05) is 61.7 Å². The van der Waals surface area contributed by atoms with E-state index >= 15 is 0 Å². The number of para-hydroxylation sites is 1. The van der Waals surface area contributed by atoms with Crippen molar-refractivity contribution >= 4 is 18.2 Å². The van der Waals surface area contributed by atoms with Gasteiger partial charge < -0.3 is 14.8 Å². The number of nitrogens with one attached hydrogen (secondary N) is 1. The molecule has 168 valence electrons. The molecule has 5 rings (SSSR count). The molecule has 3 heterocycles. The highest BCUT2D eigenvalue weighted by molar-refractivity contribution is 6.07. The number of urea groups is 1. The first kappa shape index (κ1) is 20.7. The number of nitrogens with zero attached hydrogens (tertiary/aromatic N) is 4. The van der Waals surface area contributed by atoms with Gasteiger partial charge in [-0.2, -0.15) is 10.2 Å². The van der Waals surface area contributed by atoms with Gasteiger partial charge in [0.05, 0.1) is 11.9 Å². The summed E-state index contributed by atoms with van der Waals surface area (Å²) in [6.07, 6.45) is 3.76. The average Bonchev–Trinajstić information content (AvgIpc) is 3.37. The number of rotatable bonds is 5. The molecule has 0 bridgehead atoms. The molecule has 1 atom stereocenters. The first-order valence-electron chi connectivity index (χ1n) is 10.7. The SMILES string of the molecule is CCC1(C)NC(=O)N(N=Cc2cn(-c3ccccc3)nc2-c2ccc3c(c2)OCCO3)C1=O. The highest BCUT2D eigenvalue weighted by atomic mass is 16.6. The second-order valence-corrected chi connectivity index (χ2v) is 8.05. The molecule has 1 fully saturated rings. The van der Waals surface area contributed by atoms with Crippen molar-refractivity contribution in [2.24, 2.45) is 5.10 Å². The van der Waals surface area contributed by atoms with Gasteiger partial charge in [0.1, 0.15) is 24.4 Å². The predicted octanol–water partition coefficient (Wildman–Crippen LogP) is 3.36. The van der Waals surface area contributed by atoms with Crippen molar-refractivity contribution in [2.75, 3.05) is 13.2 Å². The summed E-state index contributed by atoms with van der Waals surface area (Å²) in [6, 6.07) is 14.7. The van der Waals surface area contributed by atoms with Gasteiger partial charge in [-0.25, -0.2) is 9.48 Å². The summed E-state index contributed by atoms with van der Waals surface area (Å²) in [5.74, 6) is 0.937. The molecule has 0 saturated carbocycles. The van der Waals surface area contributed by atoms with Crippen LogP contribution < -0.4 is 14.8 Å². The number of ether oxygens (including phenoxy) is 2. The lowest BCUT2D eigenvalue weighted by atomic mass is 10.00. The number of hydrogen-bond donors (Lipinski definition) is 1. The minimum absolute atomic E-state index is 0.386. The number of hydrogen-bond acceptors (Lipinski definition) is 6. The van der Waals surface area contributed by atoms with E-state index < -0.39 is 11.6 Å². The Morgan fingerprint density at radius 2 is 1.88 bits per heavy atom. The van der Waals surface area contributed by atoms with E-state index in [2.05, 4.69) is 10.4 Å². The molecule has 2 aliphatic rings. The Kier molecular flexibility index (Phi) is 5.08. The van der Waals surface area contributed by atoms with Crippen LogP contribution in [0.2, 0.25) is 0 Å². The van der Waals surface area contributed by atoms with Crippen LogP contribution in [0, 0.1) is 0 Å². The molecule has 2 aromatic carbocycles. The lowest BCUT2D eigenvalue weighted by Crippen LogP contribution is -2.42. The van der Waals surface area contributed by atoms with Crippen molar-refractivity contribution in [1.82, 2.24) is 20.1 Å². The Labute approximate surface area is 190 Å². The minimum Gasteiger partial charge on any atom is -0.486 e. The Morgan fingerprint density at radius 1 is 1.12 bits per heavy atom. The van der Waals surface area contributed by atoms with E-state index in [0.29, 0.717) is 42.4 Å². The van der Waals surface area contributed by atoms with Crippen LogP contribution in [0.3, 0.4) is 0 Å². The average molecular weight is 445 g/mol. The van der Waals surface area contributed by atoms with Gasteiger partial charge in [0, 0.05) is 17.3 Å². The summed E-state index contributed by atoms with van der Waals surface area (Å²) in [5.41, 5.74) is 1.97.